The van der Waals surface area contributed by atoms with Gasteiger partial charge in [0.1, 0.15) is 0 Å². The minimum Gasteiger partial charge on any atom is -0.392 e. The second-order valence-corrected chi connectivity index (χ2v) is 6.22. The van der Waals surface area contributed by atoms with E-state index in [0.717, 1.165) is 12.1 Å². The van der Waals surface area contributed by atoms with Gasteiger partial charge in [0.05, 0.1) is 6.61 Å². The third kappa shape index (κ3) is 3.14. The van der Waals surface area contributed by atoms with Crippen molar-refractivity contribution >= 4 is 10.9 Å². The lowest BCUT2D eigenvalue weighted by Gasteiger charge is -2.18. The van der Waals surface area contributed by atoms with Crippen molar-refractivity contribution in [2.24, 2.45) is 5.41 Å². The van der Waals surface area contributed by atoms with Crippen LogP contribution in [0.4, 0.5) is 0 Å². The molecule has 0 saturated carbocycles. The molecule has 18 heavy (non-hydrogen) atoms. The Morgan fingerprint density at radius 2 is 1.94 bits per heavy atom. The lowest BCUT2D eigenvalue weighted by molar-refractivity contribution is 0.282. The zero-order valence-electron chi connectivity index (χ0n) is 11.6. The predicted octanol–water partition coefficient (Wildman–Crippen LogP) is 3.96. The van der Waals surface area contributed by atoms with Gasteiger partial charge in [0, 0.05) is 18.3 Å². The first-order valence-corrected chi connectivity index (χ1v) is 6.68. The quantitative estimate of drug-likeness (QED) is 0.866. The fraction of sp³-hybridized carbons (Fsp3) is 0.500. The molecule has 0 atom stereocenters. The monoisotopic (exact) mass is 245 g/mol. The predicted molar refractivity (Wildman–Crippen MR) is 76.5 cm³/mol. The minimum absolute atomic E-state index is 0.116. The van der Waals surface area contributed by atoms with Gasteiger partial charge in [-0.3, -0.25) is 0 Å². The van der Waals surface area contributed by atoms with Crippen LogP contribution in [0.5, 0.6) is 0 Å². The average molecular weight is 245 g/mol. The van der Waals surface area contributed by atoms with Gasteiger partial charge in [-0.25, -0.2) is 0 Å². The number of benzene rings is 1. The van der Waals surface area contributed by atoms with Crippen LogP contribution in [0.25, 0.3) is 10.9 Å². The van der Waals surface area contributed by atoms with Crippen LogP contribution in [0.2, 0.25) is 0 Å². The van der Waals surface area contributed by atoms with E-state index >= 15 is 0 Å². The fourth-order valence-corrected chi connectivity index (χ4v) is 2.32. The van der Waals surface area contributed by atoms with Gasteiger partial charge >= 0.3 is 0 Å². The van der Waals surface area contributed by atoms with Crippen LogP contribution in [-0.4, -0.2) is 9.67 Å². The highest BCUT2D eigenvalue weighted by Gasteiger charge is 2.09. The van der Waals surface area contributed by atoms with E-state index in [1.807, 2.05) is 6.07 Å². The number of aliphatic hydroxyl groups is 1. The lowest BCUT2D eigenvalue weighted by Crippen LogP contribution is -2.07. The normalized spacial score (nSPS) is 12.2. The molecule has 2 nitrogen and oxygen atoms in total. The van der Waals surface area contributed by atoms with E-state index in [-0.39, 0.29) is 6.61 Å². The molecule has 2 heteroatoms. The zero-order valence-corrected chi connectivity index (χ0v) is 11.6. The summed E-state index contributed by atoms with van der Waals surface area (Å²) in [5.74, 6) is 0. The van der Waals surface area contributed by atoms with Crippen molar-refractivity contribution < 1.29 is 5.11 Å². The third-order valence-electron chi connectivity index (χ3n) is 3.34. The Bertz CT molecular complexity index is 519. The highest BCUT2D eigenvalue weighted by molar-refractivity contribution is 5.80. The standard InChI is InChI=1S/C16H23NO/c1-16(2,3)8-4-9-17-10-7-14-11-13(12-18)5-6-15(14)17/h5-7,10-11,18H,4,8-9,12H2,1-3H3. The molecule has 2 rings (SSSR count). The van der Waals surface area contributed by atoms with Gasteiger partial charge in [0.2, 0.25) is 0 Å². The summed E-state index contributed by atoms with van der Waals surface area (Å²) in [6, 6.07) is 8.31. The number of hydrogen-bond donors (Lipinski definition) is 1. The Morgan fingerprint density at radius 1 is 1.17 bits per heavy atom. The molecule has 0 radical (unpaired) electrons. The molecule has 0 aliphatic carbocycles. The molecular formula is C16H23NO. The van der Waals surface area contributed by atoms with E-state index in [1.54, 1.807) is 0 Å². The molecule has 1 heterocycles. The maximum Gasteiger partial charge on any atom is 0.0682 e. The summed E-state index contributed by atoms with van der Waals surface area (Å²) >= 11 is 0. The summed E-state index contributed by atoms with van der Waals surface area (Å²) < 4.78 is 2.31. The minimum atomic E-state index is 0.116. The molecule has 0 aliphatic rings. The summed E-state index contributed by atoms with van der Waals surface area (Å²) in [6.45, 7) is 8.04. The molecule has 98 valence electrons. The summed E-state index contributed by atoms with van der Waals surface area (Å²) in [7, 11) is 0. The highest BCUT2D eigenvalue weighted by Crippen LogP contribution is 2.23. The van der Waals surface area contributed by atoms with E-state index in [2.05, 4.69) is 49.7 Å². The summed E-state index contributed by atoms with van der Waals surface area (Å²) in [4.78, 5) is 0. The maximum atomic E-state index is 9.13. The smallest absolute Gasteiger partial charge is 0.0682 e. The Morgan fingerprint density at radius 3 is 2.61 bits per heavy atom. The van der Waals surface area contributed by atoms with Crippen molar-refractivity contribution in [2.45, 2.75) is 46.8 Å². The molecule has 1 aromatic heterocycles. The van der Waals surface area contributed by atoms with Crippen LogP contribution in [0.15, 0.2) is 30.5 Å². The van der Waals surface area contributed by atoms with Crippen LogP contribution >= 0.6 is 0 Å². The maximum absolute atomic E-state index is 9.13. The van der Waals surface area contributed by atoms with Gasteiger partial charge in [0.15, 0.2) is 0 Å². The molecule has 0 aliphatic heterocycles. The molecule has 0 spiro atoms. The Labute approximate surface area is 109 Å². The second-order valence-electron chi connectivity index (χ2n) is 6.22. The molecule has 0 amide bonds. The molecular weight excluding hydrogens is 222 g/mol. The van der Waals surface area contributed by atoms with E-state index in [1.165, 1.54) is 23.7 Å². The Kier molecular flexibility index (Phi) is 3.76. The second kappa shape index (κ2) is 5.15. The van der Waals surface area contributed by atoms with Gasteiger partial charge in [-0.15, -0.1) is 0 Å². The average Bonchev–Trinajstić information content (AvgIpc) is 2.70. The molecule has 1 aromatic carbocycles. The van der Waals surface area contributed by atoms with Crippen LogP contribution < -0.4 is 0 Å². The van der Waals surface area contributed by atoms with Crippen molar-refractivity contribution in [3.63, 3.8) is 0 Å². The Balaban J connectivity index is 2.10. The summed E-state index contributed by atoms with van der Waals surface area (Å²) in [5.41, 5.74) is 2.66. The van der Waals surface area contributed by atoms with E-state index in [9.17, 15) is 0 Å². The van der Waals surface area contributed by atoms with Crippen LogP contribution in [0, 0.1) is 5.41 Å². The number of aryl methyl sites for hydroxylation is 1. The van der Waals surface area contributed by atoms with Gasteiger partial charge in [-0.1, -0.05) is 26.8 Å². The molecule has 0 fully saturated rings. The zero-order chi connectivity index (χ0) is 13.2. The van der Waals surface area contributed by atoms with Gasteiger partial charge in [-0.05, 0) is 47.4 Å². The van der Waals surface area contributed by atoms with Crippen molar-refractivity contribution in [2.75, 3.05) is 0 Å². The number of aliphatic hydroxyl groups excluding tert-OH is 1. The topological polar surface area (TPSA) is 25.2 Å². The van der Waals surface area contributed by atoms with Crippen molar-refractivity contribution in [3.8, 4) is 0 Å². The van der Waals surface area contributed by atoms with E-state index in [0.29, 0.717) is 5.41 Å². The number of fused-ring (bicyclic) bond motifs is 1. The molecule has 1 N–H and O–H groups in total. The fourth-order valence-electron chi connectivity index (χ4n) is 2.32. The first-order chi connectivity index (χ1) is 8.49. The molecule has 0 unspecified atom stereocenters. The van der Waals surface area contributed by atoms with Crippen molar-refractivity contribution in [3.05, 3.63) is 36.0 Å². The van der Waals surface area contributed by atoms with Crippen LogP contribution in [-0.2, 0) is 13.2 Å². The van der Waals surface area contributed by atoms with Gasteiger partial charge in [0.25, 0.3) is 0 Å². The number of nitrogens with zero attached hydrogens (tertiary/aromatic N) is 1. The molecule has 2 aromatic rings. The first kappa shape index (κ1) is 13.2. The van der Waals surface area contributed by atoms with Crippen LogP contribution in [0.1, 0.15) is 39.2 Å². The molecule has 0 bridgehead atoms. The summed E-state index contributed by atoms with van der Waals surface area (Å²) in [6.07, 6.45) is 4.59. The molecule has 0 saturated heterocycles. The number of rotatable bonds is 4. The van der Waals surface area contributed by atoms with Crippen molar-refractivity contribution in [1.29, 1.82) is 0 Å². The van der Waals surface area contributed by atoms with E-state index < -0.39 is 0 Å². The largest absolute Gasteiger partial charge is 0.392 e. The van der Waals surface area contributed by atoms with Gasteiger partial charge in [-0.2, -0.15) is 0 Å². The van der Waals surface area contributed by atoms with E-state index in [4.69, 9.17) is 5.11 Å². The first-order valence-electron chi connectivity index (χ1n) is 6.68. The SMILES string of the molecule is CC(C)(C)CCCn1ccc2cc(CO)ccc21. The lowest BCUT2D eigenvalue weighted by atomic mass is 9.91. The summed E-state index contributed by atoms with van der Waals surface area (Å²) in [5, 5.41) is 10.3. The number of aromatic nitrogens is 1. The highest BCUT2D eigenvalue weighted by atomic mass is 16.3. The third-order valence-corrected chi connectivity index (χ3v) is 3.34. The number of hydrogen-bond acceptors (Lipinski definition) is 1. The van der Waals surface area contributed by atoms with Gasteiger partial charge < -0.3 is 9.67 Å². The Hall–Kier alpha value is -1.28. The van der Waals surface area contributed by atoms with Crippen LogP contribution in [0.3, 0.4) is 0 Å². The van der Waals surface area contributed by atoms with Crippen molar-refractivity contribution in [1.82, 2.24) is 4.57 Å².